The van der Waals surface area contributed by atoms with Crippen molar-refractivity contribution < 1.29 is 0 Å². The molecule has 0 atom stereocenters. The van der Waals surface area contributed by atoms with E-state index < -0.39 is 0 Å². The number of nitrogens with zero attached hydrogens (tertiary/aromatic N) is 2. The summed E-state index contributed by atoms with van der Waals surface area (Å²) in [6.45, 7) is 18.3. The lowest BCUT2D eigenvalue weighted by Gasteiger charge is -2.38. The fraction of sp³-hybridized carbons (Fsp3) is 0.706. The predicted molar refractivity (Wildman–Crippen MR) is 114 cm³/mol. The summed E-state index contributed by atoms with van der Waals surface area (Å²) in [5, 5.41) is 1.41. The highest BCUT2D eigenvalue weighted by molar-refractivity contribution is 7.77. The van der Waals surface area contributed by atoms with Crippen LogP contribution in [0.3, 0.4) is 0 Å². The molecule has 0 radical (unpaired) electrons. The van der Waals surface area contributed by atoms with Crippen molar-refractivity contribution in [3.8, 4) is 0 Å². The van der Waals surface area contributed by atoms with Gasteiger partial charge in [-0.1, -0.05) is 12.2 Å². The Kier molecular flexibility index (Phi) is 6.15. The third-order valence-corrected chi connectivity index (χ3v) is 7.94. The van der Waals surface area contributed by atoms with Crippen LogP contribution in [0.4, 0.5) is 10.7 Å². The average Bonchev–Trinajstić information content (AvgIpc) is 2.86. The fourth-order valence-electron chi connectivity index (χ4n) is 3.29. The Labute approximate surface area is 157 Å². The highest BCUT2D eigenvalue weighted by Gasteiger charge is 2.29. The summed E-state index contributed by atoms with van der Waals surface area (Å²) < 4.78 is 3.79. The zero-order valence-electron chi connectivity index (χ0n) is 15.3. The molecular weight excluding hydrogens is 360 g/mol. The van der Waals surface area contributed by atoms with E-state index in [0.717, 1.165) is 3.14 Å². The minimum absolute atomic E-state index is 0.466. The monoisotopic (exact) mass is 388 g/mol. The van der Waals surface area contributed by atoms with Gasteiger partial charge in [0.25, 0.3) is 0 Å². The lowest BCUT2D eigenvalue weighted by atomic mass is 10.2. The van der Waals surface area contributed by atoms with Crippen LogP contribution in [0.25, 0.3) is 8.71 Å². The molecule has 23 heavy (non-hydrogen) atoms. The zero-order valence-corrected chi connectivity index (χ0v) is 18.6. The van der Waals surface area contributed by atoms with Crippen molar-refractivity contribution in [2.24, 2.45) is 0 Å². The van der Waals surface area contributed by atoms with E-state index in [4.69, 9.17) is 12.2 Å². The van der Waals surface area contributed by atoms with Crippen molar-refractivity contribution in [2.45, 2.75) is 79.6 Å². The molecule has 0 spiro atoms. The van der Waals surface area contributed by atoms with Crippen LogP contribution < -0.4 is 9.80 Å². The van der Waals surface area contributed by atoms with E-state index in [0.29, 0.717) is 24.2 Å². The summed E-state index contributed by atoms with van der Waals surface area (Å²) in [6.07, 6.45) is 0. The summed E-state index contributed by atoms with van der Waals surface area (Å²) in [5.74, 6) is 0. The van der Waals surface area contributed by atoms with Gasteiger partial charge in [-0.2, -0.15) is 0 Å². The Morgan fingerprint density at radius 1 is 0.696 bits per heavy atom. The molecule has 0 saturated heterocycles. The quantitative estimate of drug-likeness (QED) is 0.492. The van der Waals surface area contributed by atoms with Gasteiger partial charge >= 0.3 is 0 Å². The maximum Gasteiger partial charge on any atom is 0.145 e. The first kappa shape index (κ1) is 19.2. The second-order valence-corrected chi connectivity index (χ2v) is 11.5. The maximum absolute atomic E-state index is 5.47. The molecule has 0 N–H and O–H groups in total. The number of fused-ring (bicyclic) bond motifs is 1. The number of hydrogen-bond donors (Lipinski definition) is 0. The molecule has 2 aromatic heterocycles. The lowest BCUT2D eigenvalue weighted by molar-refractivity contribution is 0.593. The topological polar surface area (TPSA) is 6.48 Å². The normalized spacial score (nSPS) is 12.3. The Balaban J connectivity index is 2.76. The Morgan fingerprint density at radius 3 is 1.61 bits per heavy atom. The van der Waals surface area contributed by atoms with Gasteiger partial charge in [0, 0.05) is 24.2 Å². The van der Waals surface area contributed by atoms with Crippen LogP contribution in [0.1, 0.15) is 55.4 Å². The molecular formula is C17H28N2S4. The predicted octanol–water partition coefficient (Wildman–Crippen LogP) is 7.00. The molecule has 0 aliphatic carbocycles. The molecule has 2 rings (SSSR count). The number of rotatable bonds is 6. The van der Waals surface area contributed by atoms with Crippen LogP contribution in [0.15, 0.2) is 0 Å². The Hall–Kier alpha value is -0.170. The highest BCUT2D eigenvalue weighted by atomic mass is 32.2. The van der Waals surface area contributed by atoms with Gasteiger partial charge < -0.3 is 9.80 Å². The van der Waals surface area contributed by atoms with Crippen LogP contribution in [0, 0.1) is 3.14 Å². The van der Waals surface area contributed by atoms with Crippen molar-refractivity contribution in [2.75, 3.05) is 9.80 Å². The molecule has 2 aromatic rings. The van der Waals surface area contributed by atoms with Crippen molar-refractivity contribution >= 4 is 65.6 Å². The van der Waals surface area contributed by atoms with Crippen molar-refractivity contribution in [1.82, 2.24) is 0 Å². The summed E-state index contributed by atoms with van der Waals surface area (Å²) >= 11 is 10.9. The van der Waals surface area contributed by atoms with Gasteiger partial charge in [0.15, 0.2) is 0 Å². The molecule has 130 valence electrons. The first-order chi connectivity index (χ1) is 10.6. The first-order valence-electron chi connectivity index (χ1n) is 8.28. The third kappa shape index (κ3) is 3.75. The fourth-order valence-corrected chi connectivity index (χ4v) is 8.08. The Morgan fingerprint density at radius 2 is 1.17 bits per heavy atom. The van der Waals surface area contributed by atoms with Crippen LogP contribution in [0.2, 0.25) is 0 Å². The van der Waals surface area contributed by atoms with Gasteiger partial charge in [-0.3, -0.25) is 0 Å². The zero-order chi connectivity index (χ0) is 17.5. The number of thiophene rings is 1. The van der Waals surface area contributed by atoms with Crippen molar-refractivity contribution in [3.05, 3.63) is 3.14 Å². The van der Waals surface area contributed by atoms with E-state index in [-0.39, 0.29) is 0 Å². The molecule has 0 unspecified atom stereocenters. The van der Waals surface area contributed by atoms with Gasteiger partial charge in [0.2, 0.25) is 0 Å². The van der Waals surface area contributed by atoms with Crippen molar-refractivity contribution in [3.63, 3.8) is 0 Å². The second kappa shape index (κ2) is 7.38. The summed E-state index contributed by atoms with van der Waals surface area (Å²) in [7, 11) is 0. The molecule has 2 nitrogen and oxygen atoms in total. The van der Waals surface area contributed by atoms with Gasteiger partial charge in [-0.15, -0.1) is 34.0 Å². The van der Waals surface area contributed by atoms with Crippen molar-refractivity contribution in [1.29, 1.82) is 0 Å². The average molecular weight is 389 g/mol. The minimum Gasteiger partial charge on any atom is -0.363 e. The van der Waals surface area contributed by atoms with Crippen LogP contribution >= 0.6 is 46.2 Å². The molecule has 0 aliphatic rings. The van der Waals surface area contributed by atoms with E-state index in [1.54, 1.807) is 22.7 Å². The summed E-state index contributed by atoms with van der Waals surface area (Å²) in [4.78, 5) is 5.12. The van der Waals surface area contributed by atoms with Gasteiger partial charge in [-0.05, 0) is 55.4 Å². The first-order valence-corrected chi connectivity index (χ1v) is 11.1. The smallest absolute Gasteiger partial charge is 0.145 e. The van der Waals surface area contributed by atoms with E-state index in [9.17, 15) is 0 Å². The van der Waals surface area contributed by atoms with Gasteiger partial charge in [0.1, 0.15) is 12.2 Å². The summed E-state index contributed by atoms with van der Waals surface area (Å²) in [5.41, 5.74) is 1.40. The summed E-state index contributed by atoms with van der Waals surface area (Å²) in [6, 6.07) is 1.90. The molecule has 0 saturated carbocycles. The SMILES string of the molecule is CC(C)N(c1sc2sc(=S)sc2c1N(C(C)C)C(C)C)C(C)C. The molecule has 2 heterocycles. The number of anilines is 2. The molecule has 6 heteroatoms. The van der Waals surface area contributed by atoms with E-state index in [1.807, 2.05) is 11.3 Å². The standard InChI is InChI=1S/C17H28N2S4/c1-9(2)18(10(3)4)13-14-16(23-17(20)21-14)22-15(13)19(11(5)6)12(7)8/h9-12H,1-8H3. The second-order valence-electron chi connectivity index (χ2n) is 7.02. The largest absolute Gasteiger partial charge is 0.363 e. The van der Waals surface area contributed by atoms with Crippen LogP contribution in [-0.2, 0) is 0 Å². The molecule has 0 amide bonds. The van der Waals surface area contributed by atoms with E-state index >= 15 is 0 Å². The lowest BCUT2D eigenvalue weighted by Crippen LogP contribution is -2.41. The molecule has 0 aromatic carbocycles. The molecule has 0 aliphatic heterocycles. The molecule has 0 fully saturated rings. The highest BCUT2D eigenvalue weighted by Crippen LogP contribution is 2.51. The molecule has 0 bridgehead atoms. The minimum atomic E-state index is 0.466. The van der Waals surface area contributed by atoms with Crippen LogP contribution in [-0.4, -0.2) is 24.2 Å². The maximum atomic E-state index is 5.47. The number of hydrogen-bond acceptors (Lipinski definition) is 6. The third-order valence-electron chi connectivity index (χ3n) is 3.87. The van der Waals surface area contributed by atoms with E-state index in [1.165, 1.54) is 19.4 Å². The Bertz CT molecular complexity index is 690. The van der Waals surface area contributed by atoms with Crippen LogP contribution in [0.5, 0.6) is 0 Å². The van der Waals surface area contributed by atoms with E-state index in [2.05, 4.69) is 65.2 Å². The van der Waals surface area contributed by atoms with Gasteiger partial charge in [0.05, 0.1) is 10.4 Å². The van der Waals surface area contributed by atoms with Gasteiger partial charge in [-0.25, -0.2) is 0 Å².